The van der Waals surface area contributed by atoms with Gasteiger partial charge in [-0.2, -0.15) is 0 Å². The summed E-state index contributed by atoms with van der Waals surface area (Å²) in [6.45, 7) is 6.19. The van der Waals surface area contributed by atoms with Gasteiger partial charge in [0.15, 0.2) is 5.75 Å². The Labute approximate surface area is 254 Å². The monoisotopic (exact) mass is 593 g/mol. The zero-order valence-electron chi connectivity index (χ0n) is 24.9. The number of benzene rings is 4. The summed E-state index contributed by atoms with van der Waals surface area (Å²) in [7, 11) is 0.192. The van der Waals surface area contributed by atoms with E-state index in [0.717, 1.165) is 22.0 Å². The fraction of sp³-hybridized carbons (Fsp3) is 0.200. The molecule has 2 N–H and O–H groups in total. The zero-order valence-corrected chi connectivity index (χ0v) is 25.7. The number of pyridine rings is 1. The van der Waals surface area contributed by atoms with Gasteiger partial charge in [-0.25, -0.2) is 4.79 Å². The molecular weight excluding hydrogens is 558 g/mol. The Morgan fingerprint density at radius 1 is 0.860 bits per heavy atom. The predicted molar refractivity (Wildman–Crippen MR) is 174 cm³/mol. The average Bonchev–Trinajstić information content (AvgIpc) is 2.98. The summed E-state index contributed by atoms with van der Waals surface area (Å²) in [5, 5.41) is 7.55. The number of fused-ring (bicyclic) bond motifs is 1. The van der Waals surface area contributed by atoms with E-state index in [1.807, 2.05) is 78.9 Å². The Morgan fingerprint density at radius 2 is 1.56 bits per heavy atom. The number of amides is 2. The number of anilines is 2. The van der Waals surface area contributed by atoms with Crippen molar-refractivity contribution in [3.05, 3.63) is 114 Å². The van der Waals surface area contributed by atoms with Crippen molar-refractivity contribution in [2.45, 2.75) is 37.5 Å². The lowest BCUT2D eigenvalue weighted by atomic mass is 9.86. The van der Waals surface area contributed by atoms with E-state index in [1.54, 1.807) is 12.5 Å². The number of methoxy groups -OCH3 is 1. The molecule has 0 saturated heterocycles. The van der Waals surface area contributed by atoms with Crippen LogP contribution < -0.4 is 20.1 Å². The number of hydrogen-bond donors (Lipinski definition) is 2. The maximum atomic E-state index is 13.3. The van der Waals surface area contributed by atoms with Crippen LogP contribution in [-0.2, 0) is 22.6 Å². The van der Waals surface area contributed by atoms with Gasteiger partial charge in [0.05, 0.1) is 34.2 Å². The standard InChI is InChI=1S/C35H35N3O4S/c1-35(2,3)24-20-30(33(41-4)32(21-24)43(5)40)38-34(39)37-29-15-16-31(28-14-10-9-13-27(28)29)42-26-17-18-36-25(22-26)19-23-11-7-6-8-12-23/h6-18,20-22H,19H2,1-5H3,(H2,37,38,39). The smallest absolute Gasteiger partial charge is 0.323 e. The number of nitrogens with one attached hydrogen (secondary N) is 2. The van der Waals surface area contributed by atoms with Crippen molar-refractivity contribution in [2.75, 3.05) is 24.0 Å². The van der Waals surface area contributed by atoms with Crippen molar-refractivity contribution in [1.82, 2.24) is 4.98 Å². The predicted octanol–water partition coefficient (Wildman–Crippen LogP) is 8.31. The van der Waals surface area contributed by atoms with Crippen LogP contribution >= 0.6 is 0 Å². The van der Waals surface area contributed by atoms with Crippen LogP contribution in [0.5, 0.6) is 17.2 Å². The van der Waals surface area contributed by atoms with Gasteiger partial charge >= 0.3 is 6.03 Å². The van der Waals surface area contributed by atoms with Crippen molar-refractivity contribution in [2.24, 2.45) is 0 Å². The van der Waals surface area contributed by atoms with Gasteiger partial charge in [-0.15, -0.1) is 0 Å². The molecular formula is C35H35N3O4S. The lowest BCUT2D eigenvalue weighted by molar-refractivity contribution is 0.262. The van der Waals surface area contributed by atoms with E-state index >= 15 is 0 Å². The average molecular weight is 594 g/mol. The molecule has 2 amide bonds. The molecule has 0 spiro atoms. The van der Waals surface area contributed by atoms with E-state index in [9.17, 15) is 9.00 Å². The number of aromatic nitrogens is 1. The van der Waals surface area contributed by atoms with Gasteiger partial charge < -0.3 is 20.1 Å². The highest BCUT2D eigenvalue weighted by molar-refractivity contribution is 7.84. The second-order valence-electron chi connectivity index (χ2n) is 11.2. The topological polar surface area (TPSA) is 89.6 Å². The minimum atomic E-state index is -1.31. The Bertz CT molecular complexity index is 1800. The Balaban J connectivity index is 1.40. The van der Waals surface area contributed by atoms with E-state index < -0.39 is 16.8 Å². The summed E-state index contributed by atoms with van der Waals surface area (Å²) in [5.74, 6) is 1.72. The number of ether oxygens (including phenoxy) is 2. The molecule has 5 aromatic rings. The Hall–Kier alpha value is -4.69. The van der Waals surface area contributed by atoms with E-state index in [1.165, 1.54) is 12.7 Å². The van der Waals surface area contributed by atoms with Gasteiger partial charge in [0.1, 0.15) is 11.5 Å². The highest BCUT2D eigenvalue weighted by atomic mass is 32.2. The molecule has 0 aliphatic rings. The fourth-order valence-corrected chi connectivity index (χ4v) is 5.59. The Morgan fingerprint density at radius 3 is 2.26 bits per heavy atom. The van der Waals surface area contributed by atoms with Gasteiger partial charge in [0.25, 0.3) is 0 Å². The highest BCUT2D eigenvalue weighted by Crippen LogP contribution is 2.38. The second kappa shape index (κ2) is 12.7. The van der Waals surface area contributed by atoms with Crippen molar-refractivity contribution in [1.29, 1.82) is 0 Å². The number of nitrogens with zero attached hydrogens (tertiary/aromatic N) is 1. The first kappa shape index (κ1) is 29.8. The number of rotatable bonds is 8. The molecule has 1 atom stereocenters. The Kier molecular flexibility index (Phi) is 8.78. The molecule has 0 radical (unpaired) electrons. The molecule has 43 heavy (non-hydrogen) atoms. The van der Waals surface area contributed by atoms with Crippen LogP contribution in [0, 0.1) is 0 Å². The zero-order chi connectivity index (χ0) is 30.6. The molecule has 7 nitrogen and oxygen atoms in total. The first-order chi connectivity index (χ1) is 20.6. The molecule has 8 heteroatoms. The molecule has 220 valence electrons. The third-order valence-corrected chi connectivity index (χ3v) is 7.98. The number of hydrogen-bond acceptors (Lipinski definition) is 5. The molecule has 0 saturated carbocycles. The molecule has 1 aromatic heterocycles. The van der Waals surface area contributed by atoms with Gasteiger partial charge in [0, 0.05) is 41.4 Å². The molecule has 0 aliphatic carbocycles. The van der Waals surface area contributed by atoms with Crippen LogP contribution in [0.2, 0.25) is 0 Å². The third-order valence-electron chi connectivity index (χ3n) is 7.06. The van der Waals surface area contributed by atoms with Crippen molar-refractivity contribution in [3.63, 3.8) is 0 Å². The molecule has 1 heterocycles. The molecule has 0 bridgehead atoms. The summed E-state index contributed by atoms with van der Waals surface area (Å²) in [5.41, 5.74) is 3.85. The molecule has 5 rings (SSSR count). The van der Waals surface area contributed by atoms with E-state index in [-0.39, 0.29) is 5.41 Å². The maximum Gasteiger partial charge on any atom is 0.323 e. The number of urea groups is 1. The lowest BCUT2D eigenvalue weighted by Gasteiger charge is -2.23. The van der Waals surface area contributed by atoms with Crippen molar-refractivity contribution >= 4 is 39.0 Å². The van der Waals surface area contributed by atoms with Crippen LogP contribution in [0.1, 0.15) is 37.6 Å². The molecule has 0 fully saturated rings. The molecule has 1 unspecified atom stereocenters. The van der Waals surface area contributed by atoms with E-state index in [0.29, 0.717) is 39.9 Å². The second-order valence-corrected chi connectivity index (χ2v) is 12.6. The largest absolute Gasteiger partial charge is 0.493 e. The van der Waals surface area contributed by atoms with E-state index in [2.05, 4.69) is 48.5 Å². The summed E-state index contributed by atoms with van der Waals surface area (Å²) in [6, 6.07) is 28.6. The van der Waals surface area contributed by atoms with E-state index in [4.69, 9.17) is 9.47 Å². The minimum absolute atomic E-state index is 0.226. The van der Waals surface area contributed by atoms with Crippen LogP contribution in [0.3, 0.4) is 0 Å². The van der Waals surface area contributed by atoms with Crippen LogP contribution in [0.25, 0.3) is 10.8 Å². The summed E-state index contributed by atoms with van der Waals surface area (Å²) in [6.07, 6.45) is 4.05. The SMILES string of the molecule is COc1c(NC(=O)Nc2ccc(Oc3ccnc(Cc4ccccc4)c3)c3ccccc23)cc(C(C)(C)C)cc1S(C)=O. The van der Waals surface area contributed by atoms with Crippen LogP contribution in [0.4, 0.5) is 16.2 Å². The maximum absolute atomic E-state index is 13.3. The first-order valence-electron chi connectivity index (χ1n) is 13.9. The normalized spacial score (nSPS) is 12.0. The summed E-state index contributed by atoms with van der Waals surface area (Å²) >= 11 is 0. The summed E-state index contributed by atoms with van der Waals surface area (Å²) in [4.78, 5) is 18.3. The highest BCUT2D eigenvalue weighted by Gasteiger charge is 2.22. The quantitative estimate of drug-likeness (QED) is 0.189. The first-order valence-corrected chi connectivity index (χ1v) is 15.5. The molecule has 4 aromatic carbocycles. The number of carbonyl (C=O) groups excluding carboxylic acids is 1. The van der Waals surface area contributed by atoms with Gasteiger partial charge in [-0.05, 0) is 46.9 Å². The van der Waals surface area contributed by atoms with Crippen molar-refractivity contribution < 1.29 is 18.5 Å². The third kappa shape index (κ3) is 7.04. The lowest BCUT2D eigenvalue weighted by Crippen LogP contribution is -2.21. The van der Waals surface area contributed by atoms with Gasteiger partial charge in [-0.3, -0.25) is 9.19 Å². The van der Waals surface area contributed by atoms with Gasteiger partial charge in [-0.1, -0.05) is 75.4 Å². The fourth-order valence-electron chi connectivity index (χ4n) is 4.85. The molecule has 0 aliphatic heterocycles. The van der Waals surface area contributed by atoms with Crippen LogP contribution in [0.15, 0.2) is 102 Å². The van der Waals surface area contributed by atoms with Gasteiger partial charge in [0.2, 0.25) is 0 Å². The minimum Gasteiger partial charge on any atom is -0.493 e. The number of carbonyl (C=O) groups is 1. The van der Waals surface area contributed by atoms with Crippen LogP contribution in [-0.4, -0.2) is 28.6 Å². The summed E-state index contributed by atoms with van der Waals surface area (Å²) < 4.78 is 24.4. The van der Waals surface area contributed by atoms with Crippen molar-refractivity contribution in [3.8, 4) is 17.2 Å².